The topological polar surface area (TPSA) is 94.9 Å². The Balaban J connectivity index is 0.000000541. The van der Waals surface area contributed by atoms with E-state index in [0.29, 0.717) is 12.1 Å². The van der Waals surface area contributed by atoms with Crippen molar-refractivity contribution in [2.75, 3.05) is 26.2 Å². The Labute approximate surface area is 251 Å². The Bertz CT molecular complexity index is 1290. The molecule has 3 fully saturated rings. The Morgan fingerprint density at radius 1 is 0.977 bits per heavy atom. The lowest BCUT2D eigenvalue weighted by molar-refractivity contribution is -0.192. The number of para-hydroxylation sites is 1. The Morgan fingerprint density at radius 2 is 1.58 bits per heavy atom. The van der Waals surface area contributed by atoms with E-state index in [1.165, 1.54) is 77.5 Å². The zero-order chi connectivity index (χ0) is 31.1. The first-order valence-electron chi connectivity index (χ1n) is 15.7. The van der Waals surface area contributed by atoms with Crippen LogP contribution in [0.15, 0.2) is 35.1 Å². The van der Waals surface area contributed by atoms with E-state index in [-0.39, 0.29) is 29.1 Å². The lowest BCUT2D eigenvalue weighted by Gasteiger charge is -2.39. The van der Waals surface area contributed by atoms with Gasteiger partial charge >= 0.3 is 12.1 Å². The molecule has 1 aromatic carbocycles. The highest BCUT2D eigenvalue weighted by Gasteiger charge is 2.41. The van der Waals surface area contributed by atoms with Gasteiger partial charge in [0.15, 0.2) is 0 Å². The van der Waals surface area contributed by atoms with Crippen LogP contribution in [0, 0.1) is 0 Å². The largest absolute Gasteiger partial charge is 0.490 e. The molecule has 3 saturated heterocycles. The average molecular weight is 607 g/mol. The summed E-state index contributed by atoms with van der Waals surface area (Å²) >= 11 is 0. The molecule has 11 heteroatoms. The van der Waals surface area contributed by atoms with Gasteiger partial charge in [-0.25, -0.2) is 4.79 Å². The zero-order valence-electron chi connectivity index (χ0n) is 25.2. The van der Waals surface area contributed by atoms with Crippen molar-refractivity contribution in [3.8, 4) is 0 Å². The molecule has 0 spiro atoms. The van der Waals surface area contributed by atoms with Crippen LogP contribution in [-0.4, -0.2) is 81.8 Å². The predicted molar refractivity (Wildman–Crippen MR) is 160 cm³/mol. The monoisotopic (exact) mass is 606 g/mol. The number of aliphatic carboxylic acids is 1. The minimum atomic E-state index is -5.08. The quantitative estimate of drug-likeness (QED) is 0.361. The number of hydrogen-bond acceptors (Lipinski definition) is 5. The van der Waals surface area contributed by atoms with E-state index in [4.69, 9.17) is 9.90 Å². The second kappa shape index (κ2) is 14.7. The molecule has 0 radical (unpaired) electrons. The van der Waals surface area contributed by atoms with Crippen molar-refractivity contribution in [1.82, 2.24) is 19.7 Å². The van der Waals surface area contributed by atoms with Crippen LogP contribution < -0.4 is 10.9 Å². The fraction of sp³-hybridized carbons (Fsp3) is 0.656. The average Bonchev–Trinajstić information content (AvgIpc) is 3.19. The van der Waals surface area contributed by atoms with Gasteiger partial charge in [0, 0.05) is 24.2 Å². The van der Waals surface area contributed by atoms with Gasteiger partial charge in [-0.2, -0.15) is 13.2 Å². The Morgan fingerprint density at radius 3 is 2.19 bits per heavy atom. The van der Waals surface area contributed by atoms with E-state index in [2.05, 4.69) is 15.1 Å². The predicted octanol–water partition coefficient (Wildman–Crippen LogP) is 5.60. The number of nitrogens with zero attached hydrogens (tertiary/aromatic N) is 3. The number of carbonyl (C=O) groups is 2. The molecule has 3 aliphatic heterocycles. The van der Waals surface area contributed by atoms with Gasteiger partial charge in [-0.05, 0) is 109 Å². The summed E-state index contributed by atoms with van der Waals surface area (Å²) in [6.45, 7) is 9.06. The van der Waals surface area contributed by atoms with E-state index in [1.54, 1.807) is 10.6 Å². The molecule has 2 bridgehead atoms. The van der Waals surface area contributed by atoms with Crippen LogP contribution in [0.2, 0.25) is 0 Å². The van der Waals surface area contributed by atoms with Crippen LogP contribution in [0.3, 0.4) is 0 Å². The maximum atomic E-state index is 13.3. The van der Waals surface area contributed by atoms with E-state index in [9.17, 15) is 22.8 Å². The van der Waals surface area contributed by atoms with Crippen molar-refractivity contribution >= 4 is 22.8 Å². The van der Waals surface area contributed by atoms with Gasteiger partial charge in [-0.1, -0.05) is 31.0 Å². The molecule has 43 heavy (non-hydrogen) atoms. The molecule has 3 aliphatic rings. The molecule has 1 aromatic heterocycles. The summed E-state index contributed by atoms with van der Waals surface area (Å²) in [7, 11) is 0. The van der Waals surface area contributed by atoms with Crippen LogP contribution in [-0.2, 0) is 4.79 Å². The molecule has 0 aliphatic carbocycles. The molecular formula is C32H45F3N4O4. The van der Waals surface area contributed by atoms with Crippen LogP contribution in [0.1, 0.15) is 94.5 Å². The van der Waals surface area contributed by atoms with Gasteiger partial charge < -0.3 is 19.9 Å². The van der Waals surface area contributed by atoms with Crippen molar-refractivity contribution in [3.63, 3.8) is 0 Å². The summed E-state index contributed by atoms with van der Waals surface area (Å²) in [5, 5.41) is 11.3. The third kappa shape index (κ3) is 8.59. The molecular weight excluding hydrogens is 561 g/mol. The number of hydrogen-bond donors (Lipinski definition) is 2. The molecule has 8 nitrogen and oxygen atoms in total. The summed E-state index contributed by atoms with van der Waals surface area (Å²) in [5.41, 5.74) is 0.966. The molecule has 238 valence electrons. The van der Waals surface area contributed by atoms with Crippen LogP contribution >= 0.6 is 0 Å². The number of aromatic nitrogens is 1. The van der Waals surface area contributed by atoms with Crippen molar-refractivity contribution in [2.24, 2.45) is 0 Å². The van der Waals surface area contributed by atoms with E-state index >= 15 is 0 Å². The van der Waals surface area contributed by atoms with Gasteiger partial charge in [-0.3, -0.25) is 14.5 Å². The van der Waals surface area contributed by atoms with Crippen LogP contribution in [0.25, 0.3) is 10.9 Å². The highest BCUT2D eigenvalue weighted by Crippen LogP contribution is 2.36. The number of rotatable bonds is 9. The second-order valence-corrected chi connectivity index (χ2v) is 12.4. The van der Waals surface area contributed by atoms with Gasteiger partial charge in [0.1, 0.15) is 5.56 Å². The Kier molecular flexibility index (Phi) is 11.3. The first kappa shape index (κ1) is 33.0. The van der Waals surface area contributed by atoms with Crippen molar-refractivity contribution < 1.29 is 27.9 Å². The number of alkyl halides is 3. The third-order valence-corrected chi connectivity index (χ3v) is 9.01. The van der Waals surface area contributed by atoms with Gasteiger partial charge in [0.25, 0.3) is 11.5 Å². The summed E-state index contributed by atoms with van der Waals surface area (Å²) in [6, 6.07) is 10.9. The number of carbonyl (C=O) groups excluding carboxylic acids is 1. The van der Waals surface area contributed by atoms with Crippen molar-refractivity contribution in [1.29, 1.82) is 0 Å². The number of nitrogens with one attached hydrogen (secondary N) is 1. The maximum Gasteiger partial charge on any atom is 0.490 e. The normalized spacial score (nSPS) is 22.8. The molecule has 0 saturated carbocycles. The lowest BCUT2D eigenvalue weighted by atomic mass is 9.96. The van der Waals surface area contributed by atoms with Crippen LogP contribution in [0.5, 0.6) is 0 Å². The highest BCUT2D eigenvalue weighted by atomic mass is 19.4. The number of halogens is 3. The molecule has 1 unspecified atom stereocenters. The van der Waals surface area contributed by atoms with Crippen molar-refractivity contribution in [3.05, 3.63) is 46.2 Å². The second-order valence-electron chi connectivity index (χ2n) is 12.4. The summed E-state index contributed by atoms with van der Waals surface area (Å²) < 4.78 is 33.5. The number of benzene rings is 1. The number of unbranched alkanes of at least 4 members (excludes halogenated alkanes) is 2. The zero-order valence-corrected chi connectivity index (χ0v) is 25.2. The minimum absolute atomic E-state index is 0.00548. The molecule has 4 heterocycles. The number of amides is 1. The van der Waals surface area contributed by atoms with E-state index in [0.717, 1.165) is 23.7 Å². The number of carboxylic acid groups (broad SMARTS) is 1. The lowest BCUT2D eigenvalue weighted by Crippen LogP contribution is -2.51. The number of piperidine rings is 2. The van der Waals surface area contributed by atoms with E-state index < -0.39 is 12.1 Å². The van der Waals surface area contributed by atoms with Crippen molar-refractivity contribution in [2.45, 2.75) is 108 Å². The molecule has 5 rings (SSSR count). The maximum absolute atomic E-state index is 13.3. The van der Waals surface area contributed by atoms with Gasteiger partial charge in [0.05, 0.1) is 5.52 Å². The standard InChI is InChI=1S/C30H44N4O2.C2HF3O2/c1-22(2)34-28-12-6-5-11-23(28)19-27(30(34)36)29(35)31-24-20-25-13-14-26(21-24)33(25)18-10-4-9-17-32-15-7-3-8-16-32;3-2(4,5)1(6)7/h5-6,11-12,19,22,24-26H,3-4,7-10,13-18,20-21H2,1-2H3,(H,31,35);(H,6,7)/t24?,25-,26+;. The Hall–Kier alpha value is -2.92. The minimum Gasteiger partial charge on any atom is -0.475 e. The highest BCUT2D eigenvalue weighted by molar-refractivity contribution is 5.97. The third-order valence-electron chi connectivity index (χ3n) is 9.01. The van der Waals surface area contributed by atoms with Gasteiger partial charge in [0.2, 0.25) is 0 Å². The number of carboxylic acids is 1. The fourth-order valence-electron chi connectivity index (χ4n) is 6.97. The van der Waals surface area contributed by atoms with E-state index in [1.807, 2.05) is 38.1 Å². The summed E-state index contributed by atoms with van der Waals surface area (Å²) in [5.74, 6) is -2.97. The molecule has 2 N–H and O–H groups in total. The SMILES string of the molecule is CC(C)n1c(=O)c(C(=O)NC2C[C@H]3CC[C@@H](C2)N3CCCCCN2CCCCC2)cc2ccccc21.O=C(O)C(F)(F)F. The summed E-state index contributed by atoms with van der Waals surface area (Å²) in [4.78, 5) is 40.8. The smallest absolute Gasteiger partial charge is 0.475 e. The molecule has 1 amide bonds. The first-order chi connectivity index (χ1) is 20.5. The number of likely N-dealkylation sites (tertiary alicyclic amines) is 1. The number of fused-ring (bicyclic) bond motifs is 3. The van der Waals surface area contributed by atoms with Crippen LogP contribution in [0.4, 0.5) is 13.2 Å². The van der Waals surface area contributed by atoms with Gasteiger partial charge in [-0.15, -0.1) is 0 Å². The molecule has 2 aromatic rings. The first-order valence-corrected chi connectivity index (χ1v) is 15.7. The summed E-state index contributed by atoms with van der Waals surface area (Å²) in [6.07, 6.45) is 7.48. The number of pyridine rings is 1. The fourth-order valence-corrected chi connectivity index (χ4v) is 6.97. The molecule has 3 atom stereocenters.